The van der Waals surface area contributed by atoms with Crippen molar-refractivity contribution in [2.45, 2.75) is 31.8 Å². The smallest absolute Gasteiger partial charge is 0.326 e. The Morgan fingerprint density at radius 2 is 2.18 bits per heavy atom. The molecule has 1 aromatic rings. The highest BCUT2D eigenvalue weighted by Gasteiger charge is 2.39. The molecule has 1 aliphatic carbocycles. The number of rotatable bonds is 4. The van der Waals surface area contributed by atoms with Crippen molar-refractivity contribution in [2.24, 2.45) is 0 Å². The van der Waals surface area contributed by atoms with E-state index in [1.807, 2.05) is 0 Å². The van der Waals surface area contributed by atoms with Gasteiger partial charge in [-0.05, 0) is 47.8 Å². The van der Waals surface area contributed by atoms with E-state index >= 15 is 0 Å². The minimum Gasteiger partial charge on any atom is -0.480 e. The first kappa shape index (κ1) is 12.2. The summed E-state index contributed by atoms with van der Waals surface area (Å²) < 4.78 is 5.62. The monoisotopic (exact) mass is 301 g/mol. The summed E-state index contributed by atoms with van der Waals surface area (Å²) >= 11 is 3.11. The minimum absolute atomic E-state index is 0.0254. The molecular formula is C11H12BrNO4. The van der Waals surface area contributed by atoms with Gasteiger partial charge in [-0.15, -0.1) is 0 Å². The lowest BCUT2D eigenvalue weighted by Gasteiger charge is -2.25. The van der Waals surface area contributed by atoms with Crippen molar-refractivity contribution in [3.8, 4) is 0 Å². The molecule has 1 amide bonds. The van der Waals surface area contributed by atoms with Crippen LogP contribution in [0.4, 0.5) is 0 Å². The predicted molar refractivity (Wildman–Crippen MR) is 62.7 cm³/mol. The van der Waals surface area contributed by atoms with Gasteiger partial charge >= 0.3 is 5.97 Å². The van der Waals surface area contributed by atoms with Gasteiger partial charge in [0.05, 0.1) is 0 Å². The first-order valence-electron chi connectivity index (χ1n) is 5.31. The minimum atomic E-state index is -1.00. The van der Waals surface area contributed by atoms with E-state index in [0.29, 0.717) is 4.67 Å². The van der Waals surface area contributed by atoms with Gasteiger partial charge in [0.1, 0.15) is 6.04 Å². The molecule has 92 valence electrons. The average molecular weight is 302 g/mol. The predicted octanol–water partition coefficient (Wildman–Crippen LogP) is 2.12. The summed E-state index contributed by atoms with van der Waals surface area (Å²) in [6.45, 7) is 1.51. The second-order valence-corrected chi connectivity index (χ2v) is 4.84. The van der Waals surface area contributed by atoms with Crippen molar-refractivity contribution < 1.29 is 19.1 Å². The Morgan fingerprint density at radius 1 is 1.53 bits per heavy atom. The van der Waals surface area contributed by atoms with Crippen LogP contribution in [0.25, 0.3) is 0 Å². The summed E-state index contributed by atoms with van der Waals surface area (Å²) in [6, 6.07) is 2.34. The van der Waals surface area contributed by atoms with Crippen molar-refractivity contribution >= 4 is 27.8 Å². The Bertz CT molecular complexity index is 452. The van der Waals surface area contributed by atoms with E-state index in [0.717, 1.165) is 12.8 Å². The third-order valence-electron chi connectivity index (χ3n) is 2.73. The highest BCUT2D eigenvalue weighted by atomic mass is 79.9. The summed E-state index contributed by atoms with van der Waals surface area (Å²) in [5, 5.41) is 9.00. The van der Waals surface area contributed by atoms with E-state index in [-0.39, 0.29) is 17.7 Å². The molecule has 0 aromatic carbocycles. The zero-order valence-electron chi connectivity index (χ0n) is 9.22. The number of halogens is 1. The lowest BCUT2D eigenvalue weighted by atomic mass is 10.2. The molecule has 1 fully saturated rings. The zero-order valence-corrected chi connectivity index (χ0v) is 10.8. The van der Waals surface area contributed by atoms with Gasteiger partial charge in [-0.3, -0.25) is 4.79 Å². The molecule has 0 bridgehead atoms. The molecule has 2 rings (SSSR count). The van der Waals surface area contributed by atoms with Crippen molar-refractivity contribution in [1.82, 2.24) is 4.90 Å². The van der Waals surface area contributed by atoms with E-state index in [1.54, 1.807) is 6.07 Å². The maximum Gasteiger partial charge on any atom is 0.326 e. The molecule has 1 unspecified atom stereocenters. The second kappa shape index (κ2) is 4.52. The fraction of sp³-hybridized carbons (Fsp3) is 0.455. The van der Waals surface area contributed by atoms with Gasteiger partial charge in [0.25, 0.3) is 5.91 Å². The number of carbonyl (C=O) groups is 2. The van der Waals surface area contributed by atoms with Crippen LogP contribution >= 0.6 is 15.9 Å². The molecule has 0 spiro atoms. The largest absolute Gasteiger partial charge is 0.480 e. The van der Waals surface area contributed by atoms with Crippen LogP contribution in [0, 0.1) is 0 Å². The standard InChI is InChI=1S/C11H12BrNO4/c1-6(11(15)16)13(7-2-3-7)10(14)8-4-5-9(12)17-8/h4-7H,2-3H2,1H3,(H,15,16). The van der Waals surface area contributed by atoms with Gasteiger partial charge in [0.15, 0.2) is 10.4 Å². The van der Waals surface area contributed by atoms with E-state index in [9.17, 15) is 9.59 Å². The van der Waals surface area contributed by atoms with Crippen LogP contribution in [0.2, 0.25) is 0 Å². The SMILES string of the molecule is CC(C(=O)O)N(C(=O)c1ccc(Br)o1)C1CC1. The lowest BCUT2D eigenvalue weighted by Crippen LogP contribution is -2.44. The summed E-state index contributed by atoms with van der Waals surface area (Å²) in [5.41, 5.74) is 0. The van der Waals surface area contributed by atoms with Crippen LogP contribution in [0.3, 0.4) is 0 Å². The number of furan rings is 1. The molecule has 1 saturated carbocycles. The lowest BCUT2D eigenvalue weighted by molar-refractivity contribution is -0.141. The number of carbonyl (C=O) groups excluding carboxylic acids is 1. The maximum absolute atomic E-state index is 12.1. The summed E-state index contributed by atoms with van der Waals surface area (Å²) in [4.78, 5) is 24.5. The number of carboxylic acid groups (broad SMARTS) is 1. The molecule has 5 nitrogen and oxygen atoms in total. The first-order chi connectivity index (χ1) is 8.00. The molecule has 1 heterocycles. The highest BCUT2D eigenvalue weighted by molar-refractivity contribution is 9.10. The summed E-state index contributed by atoms with van der Waals surface area (Å²) in [7, 11) is 0. The van der Waals surface area contributed by atoms with Crippen molar-refractivity contribution in [1.29, 1.82) is 0 Å². The van der Waals surface area contributed by atoms with Crippen LogP contribution in [-0.4, -0.2) is 34.0 Å². The number of amides is 1. The van der Waals surface area contributed by atoms with Crippen molar-refractivity contribution in [3.05, 3.63) is 22.6 Å². The normalized spacial score (nSPS) is 16.6. The van der Waals surface area contributed by atoms with E-state index in [4.69, 9.17) is 9.52 Å². The highest BCUT2D eigenvalue weighted by Crippen LogP contribution is 2.30. The maximum atomic E-state index is 12.1. The topological polar surface area (TPSA) is 70.8 Å². The summed E-state index contributed by atoms with van der Waals surface area (Å²) in [5.74, 6) is -1.21. The Hall–Kier alpha value is -1.30. The van der Waals surface area contributed by atoms with Gasteiger partial charge in [-0.2, -0.15) is 0 Å². The molecular weight excluding hydrogens is 290 g/mol. The molecule has 17 heavy (non-hydrogen) atoms. The molecule has 6 heteroatoms. The summed E-state index contributed by atoms with van der Waals surface area (Å²) in [6.07, 6.45) is 1.70. The second-order valence-electron chi connectivity index (χ2n) is 4.06. The molecule has 1 N–H and O–H groups in total. The Morgan fingerprint density at radius 3 is 2.59 bits per heavy atom. The van der Waals surface area contributed by atoms with Crippen molar-refractivity contribution in [2.75, 3.05) is 0 Å². The molecule has 0 radical (unpaired) electrons. The molecule has 0 aliphatic heterocycles. The van der Waals surface area contributed by atoms with Gasteiger partial charge < -0.3 is 14.4 Å². The quantitative estimate of drug-likeness (QED) is 0.925. The number of aliphatic carboxylic acids is 1. The van der Waals surface area contributed by atoms with Crippen LogP contribution in [0.15, 0.2) is 21.2 Å². The fourth-order valence-corrected chi connectivity index (χ4v) is 1.99. The molecule has 1 aliphatic rings. The Labute approximate surface area is 107 Å². The van der Waals surface area contributed by atoms with Crippen LogP contribution in [-0.2, 0) is 4.79 Å². The van der Waals surface area contributed by atoms with Gasteiger partial charge in [0, 0.05) is 6.04 Å². The Kier molecular flexibility index (Phi) is 3.24. The number of hydrogen-bond acceptors (Lipinski definition) is 3. The third kappa shape index (κ3) is 2.52. The molecule has 1 aromatic heterocycles. The number of hydrogen-bond donors (Lipinski definition) is 1. The Balaban J connectivity index is 2.21. The fourth-order valence-electron chi connectivity index (χ4n) is 1.69. The average Bonchev–Trinajstić information content (AvgIpc) is 3.00. The van der Waals surface area contributed by atoms with E-state index in [2.05, 4.69) is 15.9 Å². The number of nitrogens with zero attached hydrogens (tertiary/aromatic N) is 1. The molecule has 1 atom stereocenters. The van der Waals surface area contributed by atoms with E-state index in [1.165, 1.54) is 17.9 Å². The number of carboxylic acids is 1. The first-order valence-corrected chi connectivity index (χ1v) is 6.11. The molecule has 0 saturated heterocycles. The van der Waals surface area contributed by atoms with E-state index < -0.39 is 12.0 Å². The van der Waals surface area contributed by atoms with Gasteiger partial charge in [0.2, 0.25) is 0 Å². The third-order valence-corrected chi connectivity index (χ3v) is 3.16. The van der Waals surface area contributed by atoms with Gasteiger partial charge in [-0.1, -0.05) is 0 Å². The van der Waals surface area contributed by atoms with Crippen LogP contribution in [0.5, 0.6) is 0 Å². The van der Waals surface area contributed by atoms with Crippen LogP contribution < -0.4 is 0 Å². The van der Waals surface area contributed by atoms with Crippen molar-refractivity contribution in [3.63, 3.8) is 0 Å². The van der Waals surface area contributed by atoms with Gasteiger partial charge in [-0.25, -0.2) is 4.79 Å². The zero-order chi connectivity index (χ0) is 12.6. The van der Waals surface area contributed by atoms with Crippen LogP contribution in [0.1, 0.15) is 30.3 Å².